The molecule has 1 aromatic rings. The van der Waals surface area contributed by atoms with E-state index in [4.69, 9.17) is 4.74 Å². The molecule has 5 heteroatoms. The van der Waals surface area contributed by atoms with Gasteiger partial charge in [0.2, 0.25) is 0 Å². The molecule has 1 aliphatic heterocycles. The lowest BCUT2D eigenvalue weighted by molar-refractivity contribution is 0.0853. The first kappa shape index (κ1) is 14.2. The van der Waals surface area contributed by atoms with Crippen LogP contribution in [0.25, 0.3) is 0 Å². The topological polar surface area (TPSA) is 50.3 Å². The van der Waals surface area contributed by atoms with E-state index < -0.39 is 0 Å². The molecule has 0 aromatic carbocycles. The Bertz CT molecular complexity index is 362. The fraction of sp³-hybridized carbons (Fsp3) is 0.714. The number of nitrogens with one attached hydrogen (secondary N) is 1. The van der Waals surface area contributed by atoms with E-state index in [2.05, 4.69) is 34.2 Å². The van der Waals surface area contributed by atoms with E-state index in [1.807, 2.05) is 12.4 Å². The standard InChI is InChI=1S/C14H24N4O/c1-3-6-15-9-12-10-17-14(11-16-12)18(2)13-4-7-19-8-5-13/h10-11,13,15H,3-9H2,1-2H3. The zero-order valence-electron chi connectivity index (χ0n) is 11.9. The average molecular weight is 264 g/mol. The second-order valence-electron chi connectivity index (χ2n) is 5.00. The summed E-state index contributed by atoms with van der Waals surface area (Å²) in [5, 5.41) is 3.33. The number of hydrogen-bond acceptors (Lipinski definition) is 5. The fourth-order valence-electron chi connectivity index (χ4n) is 2.27. The van der Waals surface area contributed by atoms with Gasteiger partial charge in [0.1, 0.15) is 5.82 Å². The molecule has 0 aliphatic carbocycles. The molecular weight excluding hydrogens is 240 g/mol. The van der Waals surface area contributed by atoms with Gasteiger partial charge >= 0.3 is 0 Å². The van der Waals surface area contributed by atoms with E-state index in [0.717, 1.165) is 57.1 Å². The monoisotopic (exact) mass is 264 g/mol. The van der Waals surface area contributed by atoms with E-state index in [-0.39, 0.29) is 0 Å². The number of aromatic nitrogens is 2. The van der Waals surface area contributed by atoms with Crippen molar-refractivity contribution in [2.45, 2.75) is 38.8 Å². The minimum absolute atomic E-state index is 0.520. The van der Waals surface area contributed by atoms with Gasteiger partial charge in [-0.3, -0.25) is 4.98 Å². The van der Waals surface area contributed by atoms with Gasteiger partial charge in [-0.25, -0.2) is 4.98 Å². The molecule has 5 nitrogen and oxygen atoms in total. The van der Waals surface area contributed by atoms with E-state index in [0.29, 0.717) is 6.04 Å². The Morgan fingerprint density at radius 1 is 1.32 bits per heavy atom. The molecule has 0 bridgehead atoms. The molecule has 0 unspecified atom stereocenters. The van der Waals surface area contributed by atoms with Crippen LogP contribution < -0.4 is 10.2 Å². The van der Waals surface area contributed by atoms with Crippen molar-refractivity contribution in [3.05, 3.63) is 18.1 Å². The van der Waals surface area contributed by atoms with Crippen molar-refractivity contribution in [2.24, 2.45) is 0 Å². The third kappa shape index (κ3) is 4.14. The number of ether oxygens (including phenoxy) is 1. The summed E-state index contributed by atoms with van der Waals surface area (Å²) in [5.41, 5.74) is 0.998. The van der Waals surface area contributed by atoms with Crippen molar-refractivity contribution in [1.29, 1.82) is 0 Å². The van der Waals surface area contributed by atoms with Crippen LogP contribution in [0.3, 0.4) is 0 Å². The SMILES string of the molecule is CCCNCc1cnc(N(C)C2CCOCC2)cn1. The molecule has 0 spiro atoms. The van der Waals surface area contributed by atoms with Crippen molar-refractivity contribution in [3.63, 3.8) is 0 Å². The van der Waals surface area contributed by atoms with E-state index in [1.165, 1.54) is 0 Å². The van der Waals surface area contributed by atoms with Gasteiger partial charge in [-0.2, -0.15) is 0 Å². The zero-order chi connectivity index (χ0) is 13.5. The smallest absolute Gasteiger partial charge is 0.147 e. The summed E-state index contributed by atoms with van der Waals surface area (Å²) in [4.78, 5) is 11.2. The summed E-state index contributed by atoms with van der Waals surface area (Å²) in [6.07, 6.45) is 7.01. The maximum atomic E-state index is 5.39. The van der Waals surface area contributed by atoms with Crippen molar-refractivity contribution in [2.75, 3.05) is 31.7 Å². The van der Waals surface area contributed by atoms with Crippen LogP contribution in [-0.4, -0.2) is 42.8 Å². The van der Waals surface area contributed by atoms with Crippen molar-refractivity contribution >= 4 is 5.82 Å². The van der Waals surface area contributed by atoms with Crippen LogP contribution >= 0.6 is 0 Å². The minimum Gasteiger partial charge on any atom is -0.381 e. The molecule has 1 N–H and O–H groups in total. The van der Waals surface area contributed by atoms with E-state index in [9.17, 15) is 0 Å². The van der Waals surface area contributed by atoms with E-state index in [1.54, 1.807) is 0 Å². The molecule has 2 heterocycles. The number of rotatable bonds is 6. The van der Waals surface area contributed by atoms with Gasteiger partial charge in [-0.15, -0.1) is 0 Å². The Morgan fingerprint density at radius 2 is 2.11 bits per heavy atom. The lowest BCUT2D eigenvalue weighted by atomic mass is 10.1. The van der Waals surface area contributed by atoms with Gasteiger partial charge < -0.3 is 15.0 Å². The first-order chi connectivity index (χ1) is 9.31. The Kier molecular flexibility index (Phi) is 5.54. The van der Waals surface area contributed by atoms with Crippen molar-refractivity contribution in [3.8, 4) is 0 Å². The van der Waals surface area contributed by atoms with Crippen LogP contribution in [0, 0.1) is 0 Å². The predicted octanol–water partition coefficient (Wildman–Crippen LogP) is 1.59. The highest BCUT2D eigenvalue weighted by atomic mass is 16.5. The summed E-state index contributed by atoms with van der Waals surface area (Å²) in [7, 11) is 2.09. The normalized spacial score (nSPS) is 16.5. The number of anilines is 1. The molecule has 0 saturated carbocycles. The summed E-state index contributed by atoms with van der Waals surface area (Å²) in [5.74, 6) is 0.950. The molecule has 2 rings (SSSR count). The van der Waals surface area contributed by atoms with Gasteiger partial charge in [0.25, 0.3) is 0 Å². The number of nitrogens with zero attached hydrogens (tertiary/aromatic N) is 3. The Balaban J connectivity index is 1.89. The van der Waals surface area contributed by atoms with Gasteiger partial charge in [-0.05, 0) is 25.8 Å². The van der Waals surface area contributed by atoms with Crippen LogP contribution in [0.15, 0.2) is 12.4 Å². The fourth-order valence-corrected chi connectivity index (χ4v) is 2.27. The Hall–Kier alpha value is -1.20. The largest absolute Gasteiger partial charge is 0.381 e. The quantitative estimate of drug-likeness (QED) is 0.791. The maximum absolute atomic E-state index is 5.39. The van der Waals surface area contributed by atoms with Crippen LogP contribution in [-0.2, 0) is 11.3 Å². The molecule has 106 valence electrons. The summed E-state index contributed by atoms with van der Waals surface area (Å²) in [6.45, 7) is 5.67. The highest BCUT2D eigenvalue weighted by Gasteiger charge is 2.19. The second kappa shape index (κ2) is 7.40. The van der Waals surface area contributed by atoms with Crippen LogP contribution in [0.4, 0.5) is 5.82 Å². The van der Waals surface area contributed by atoms with Gasteiger partial charge in [0.15, 0.2) is 0 Å². The lowest BCUT2D eigenvalue weighted by Gasteiger charge is -2.31. The molecule has 1 aliphatic rings. The minimum atomic E-state index is 0.520. The lowest BCUT2D eigenvalue weighted by Crippen LogP contribution is -2.37. The third-order valence-electron chi connectivity index (χ3n) is 3.52. The summed E-state index contributed by atoms with van der Waals surface area (Å²) in [6, 6.07) is 0.520. The van der Waals surface area contributed by atoms with Crippen molar-refractivity contribution in [1.82, 2.24) is 15.3 Å². The van der Waals surface area contributed by atoms with Crippen LogP contribution in [0.2, 0.25) is 0 Å². The van der Waals surface area contributed by atoms with Gasteiger partial charge in [-0.1, -0.05) is 6.92 Å². The molecule has 0 atom stereocenters. The predicted molar refractivity (Wildman–Crippen MR) is 76.3 cm³/mol. The van der Waals surface area contributed by atoms with E-state index >= 15 is 0 Å². The zero-order valence-corrected chi connectivity index (χ0v) is 11.9. The molecule has 1 saturated heterocycles. The third-order valence-corrected chi connectivity index (χ3v) is 3.52. The number of hydrogen-bond donors (Lipinski definition) is 1. The highest BCUT2D eigenvalue weighted by molar-refractivity contribution is 5.36. The Morgan fingerprint density at radius 3 is 2.74 bits per heavy atom. The average Bonchev–Trinajstić information content (AvgIpc) is 2.48. The van der Waals surface area contributed by atoms with Gasteiger partial charge in [0.05, 0.1) is 18.1 Å². The highest BCUT2D eigenvalue weighted by Crippen LogP contribution is 2.18. The molecule has 1 fully saturated rings. The first-order valence-electron chi connectivity index (χ1n) is 7.13. The van der Waals surface area contributed by atoms with Crippen LogP contribution in [0.5, 0.6) is 0 Å². The first-order valence-corrected chi connectivity index (χ1v) is 7.13. The molecule has 0 amide bonds. The van der Waals surface area contributed by atoms with Crippen LogP contribution in [0.1, 0.15) is 31.9 Å². The molecular formula is C14H24N4O. The Labute approximate surface area is 115 Å². The summed E-state index contributed by atoms with van der Waals surface area (Å²) >= 11 is 0. The van der Waals surface area contributed by atoms with Crippen molar-refractivity contribution < 1.29 is 4.74 Å². The molecule has 1 aromatic heterocycles. The molecule has 19 heavy (non-hydrogen) atoms. The maximum Gasteiger partial charge on any atom is 0.147 e. The summed E-state index contributed by atoms with van der Waals surface area (Å²) < 4.78 is 5.39. The van der Waals surface area contributed by atoms with Gasteiger partial charge in [0, 0.05) is 32.8 Å². The molecule has 0 radical (unpaired) electrons. The second-order valence-corrected chi connectivity index (χ2v) is 5.00.